The van der Waals surface area contributed by atoms with E-state index in [1.54, 1.807) is 11.3 Å². The van der Waals surface area contributed by atoms with E-state index < -0.39 is 0 Å². The van der Waals surface area contributed by atoms with Crippen molar-refractivity contribution in [1.82, 2.24) is 4.98 Å². The molecule has 2 N–H and O–H groups in total. The Labute approximate surface area is 81.2 Å². The first-order valence-electron chi connectivity index (χ1n) is 3.64. The molecule has 0 aliphatic rings. The minimum absolute atomic E-state index is 0.381. The van der Waals surface area contributed by atoms with Gasteiger partial charge in [-0.15, -0.1) is 11.3 Å². The zero-order valence-electron chi connectivity index (χ0n) is 7.07. The van der Waals surface area contributed by atoms with E-state index in [0.717, 1.165) is 17.4 Å². The van der Waals surface area contributed by atoms with Gasteiger partial charge >= 0.3 is 0 Å². The fourth-order valence-electron chi connectivity index (χ4n) is 0.851. The zero-order chi connectivity index (χ0) is 9.14. The Morgan fingerprint density at radius 2 is 2.50 bits per heavy atom. The van der Waals surface area contributed by atoms with Crippen molar-refractivity contribution in [3.8, 4) is 0 Å². The number of nitrogens with zero attached hydrogens (tertiary/aromatic N) is 2. The van der Waals surface area contributed by atoms with Gasteiger partial charge in [-0.3, -0.25) is 4.90 Å². The largest absolute Gasteiger partial charge is 0.376 e. The van der Waals surface area contributed by atoms with Crippen LogP contribution in [0.4, 0.5) is 5.13 Å². The standard InChI is InChI=1S/C7H11N3S2/c1-3-10(6(8)11)7-9-5(2)4-12-7/h4H,3H2,1-2H3,(H2,8,11). The van der Waals surface area contributed by atoms with Crippen LogP contribution >= 0.6 is 23.6 Å². The number of hydrogen-bond acceptors (Lipinski definition) is 3. The summed E-state index contributed by atoms with van der Waals surface area (Å²) >= 11 is 6.44. The third-order valence-electron chi connectivity index (χ3n) is 1.42. The fraction of sp³-hybridized carbons (Fsp3) is 0.429. The SMILES string of the molecule is CCN(C(N)=S)c1nc(C)cs1. The van der Waals surface area contributed by atoms with Gasteiger partial charge in [-0.05, 0) is 26.1 Å². The lowest BCUT2D eigenvalue weighted by molar-refractivity contribution is 1.04. The molecule has 0 aliphatic heterocycles. The first-order chi connectivity index (χ1) is 5.65. The summed E-state index contributed by atoms with van der Waals surface area (Å²) in [6.45, 7) is 4.71. The summed E-state index contributed by atoms with van der Waals surface area (Å²) in [5.41, 5.74) is 6.52. The highest BCUT2D eigenvalue weighted by Crippen LogP contribution is 2.19. The van der Waals surface area contributed by atoms with E-state index in [-0.39, 0.29) is 0 Å². The number of anilines is 1. The summed E-state index contributed by atoms with van der Waals surface area (Å²) in [6, 6.07) is 0. The van der Waals surface area contributed by atoms with Crippen LogP contribution in [0.1, 0.15) is 12.6 Å². The van der Waals surface area contributed by atoms with Gasteiger partial charge in [-0.2, -0.15) is 0 Å². The molecule has 0 fully saturated rings. The Hall–Kier alpha value is -0.680. The molecular weight excluding hydrogens is 190 g/mol. The van der Waals surface area contributed by atoms with Gasteiger partial charge in [0.05, 0.1) is 5.69 Å². The summed E-state index contributed by atoms with van der Waals surface area (Å²) < 4.78 is 0. The molecule has 0 saturated carbocycles. The summed E-state index contributed by atoms with van der Waals surface area (Å²) in [5, 5.41) is 3.24. The first-order valence-corrected chi connectivity index (χ1v) is 4.93. The molecule has 3 nitrogen and oxygen atoms in total. The van der Waals surface area contributed by atoms with Crippen LogP contribution in [0.5, 0.6) is 0 Å². The monoisotopic (exact) mass is 201 g/mol. The van der Waals surface area contributed by atoms with E-state index >= 15 is 0 Å². The minimum Gasteiger partial charge on any atom is -0.376 e. The Kier molecular flexibility index (Phi) is 2.99. The lowest BCUT2D eigenvalue weighted by Gasteiger charge is -2.16. The van der Waals surface area contributed by atoms with E-state index in [1.165, 1.54) is 0 Å². The quantitative estimate of drug-likeness (QED) is 0.737. The molecular formula is C7H11N3S2. The molecule has 0 aliphatic carbocycles. The van der Waals surface area contributed by atoms with Crippen molar-refractivity contribution in [3.05, 3.63) is 11.1 Å². The molecule has 0 unspecified atom stereocenters. The third kappa shape index (κ3) is 1.92. The number of nitrogens with two attached hydrogens (primary N) is 1. The molecule has 1 heterocycles. The van der Waals surface area contributed by atoms with Crippen molar-refractivity contribution in [1.29, 1.82) is 0 Å². The number of rotatable bonds is 2. The molecule has 12 heavy (non-hydrogen) atoms. The normalized spacial score (nSPS) is 9.83. The average Bonchev–Trinajstić information content (AvgIpc) is 2.37. The molecule has 0 atom stereocenters. The fourth-order valence-corrected chi connectivity index (χ4v) is 2.00. The Bertz CT molecular complexity index is 282. The molecule has 5 heteroatoms. The second-order valence-electron chi connectivity index (χ2n) is 2.35. The Morgan fingerprint density at radius 3 is 2.83 bits per heavy atom. The van der Waals surface area contributed by atoms with Gasteiger partial charge in [-0.1, -0.05) is 0 Å². The molecule has 0 spiro atoms. The average molecular weight is 201 g/mol. The second-order valence-corrected chi connectivity index (χ2v) is 3.61. The highest BCUT2D eigenvalue weighted by Gasteiger charge is 2.09. The predicted octanol–water partition coefficient (Wildman–Crippen LogP) is 1.52. The van der Waals surface area contributed by atoms with Gasteiger partial charge in [0.1, 0.15) is 0 Å². The molecule has 1 aromatic heterocycles. The summed E-state index contributed by atoms with van der Waals surface area (Å²) in [6.07, 6.45) is 0. The first kappa shape index (κ1) is 9.41. The van der Waals surface area contributed by atoms with Crippen LogP contribution in [0.2, 0.25) is 0 Å². The van der Waals surface area contributed by atoms with Crippen LogP contribution in [-0.4, -0.2) is 16.6 Å². The Balaban J connectivity index is 2.87. The number of hydrogen-bond donors (Lipinski definition) is 1. The number of thiocarbonyl (C=S) groups is 1. The second kappa shape index (κ2) is 3.82. The highest BCUT2D eigenvalue weighted by atomic mass is 32.1. The van der Waals surface area contributed by atoms with Crippen LogP contribution in [-0.2, 0) is 0 Å². The maximum absolute atomic E-state index is 5.51. The van der Waals surface area contributed by atoms with Crippen molar-refractivity contribution in [2.24, 2.45) is 5.73 Å². The predicted molar refractivity (Wildman–Crippen MR) is 56.7 cm³/mol. The van der Waals surface area contributed by atoms with Gasteiger partial charge in [0.15, 0.2) is 10.2 Å². The molecule has 1 rings (SSSR count). The van der Waals surface area contributed by atoms with Crippen LogP contribution in [0.15, 0.2) is 5.38 Å². The molecule has 0 radical (unpaired) electrons. The van der Waals surface area contributed by atoms with Crippen molar-refractivity contribution < 1.29 is 0 Å². The van der Waals surface area contributed by atoms with Crippen LogP contribution in [0.25, 0.3) is 0 Å². The van der Waals surface area contributed by atoms with E-state index in [4.69, 9.17) is 18.0 Å². The Morgan fingerprint density at radius 1 is 1.83 bits per heavy atom. The molecule has 0 bridgehead atoms. The van der Waals surface area contributed by atoms with Crippen molar-refractivity contribution in [2.75, 3.05) is 11.4 Å². The van der Waals surface area contributed by atoms with Gasteiger partial charge in [0, 0.05) is 11.9 Å². The van der Waals surface area contributed by atoms with E-state index in [1.807, 2.05) is 24.1 Å². The third-order valence-corrected chi connectivity index (χ3v) is 2.62. The van der Waals surface area contributed by atoms with Crippen molar-refractivity contribution >= 4 is 33.8 Å². The summed E-state index contributed by atoms with van der Waals surface area (Å²) in [7, 11) is 0. The lowest BCUT2D eigenvalue weighted by Crippen LogP contribution is -2.35. The number of aryl methyl sites for hydroxylation is 1. The van der Waals surface area contributed by atoms with E-state index in [9.17, 15) is 0 Å². The van der Waals surface area contributed by atoms with Crippen LogP contribution < -0.4 is 10.6 Å². The maximum Gasteiger partial charge on any atom is 0.191 e. The van der Waals surface area contributed by atoms with E-state index in [0.29, 0.717) is 5.11 Å². The van der Waals surface area contributed by atoms with Gasteiger partial charge < -0.3 is 5.73 Å². The molecule has 1 aromatic rings. The van der Waals surface area contributed by atoms with Gasteiger partial charge in [0.25, 0.3) is 0 Å². The van der Waals surface area contributed by atoms with Crippen LogP contribution in [0, 0.1) is 6.92 Å². The summed E-state index contributed by atoms with van der Waals surface area (Å²) in [4.78, 5) is 6.09. The van der Waals surface area contributed by atoms with Crippen LogP contribution in [0.3, 0.4) is 0 Å². The van der Waals surface area contributed by atoms with Crippen molar-refractivity contribution in [3.63, 3.8) is 0 Å². The smallest absolute Gasteiger partial charge is 0.191 e. The molecule has 66 valence electrons. The maximum atomic E-state index is 5.51. The minimum atomic E-state index is 0.381. The highest BCUT2D eigenvalue weighted by molar-refractivity contribution is 7.80. The molecule has 0 saturated heterocycles. The van der Waals surface area contributed by atoms with Crippen molar-refractivity contribution in [2.45, 2.75) is 13.8 Å². The lowest BCUT2D eigenvalue weighted by atomic mass is 10.6. The molecule has 0 aromatic carbocycles. The number of aromatic nitrogens is 1. The number of thiazole rings is 1. The zero-order valence-corrected chi connectivity index (χ0v) is 8.71. The van der Waals surface area contributed by atoms with E-state index in [2.05, 4.69) is 4.98 Å². The summed E-state index contributed by atoms with van der Waals surface area (Å²) in [5.74, 6) is 0. The van der Waals surface area contributed by atoms with Gasteiger partial charge in [-0.25, -0.2) is 4.98 Å². The van der Waals surface area contributed by atoms with Gasteiger partial charge in [0.2, 0.25) is 0 Å². The molecule has 0 amide bonds. The topological polar surface area (TPSA) is 42.1 Å².